The van der Waals surface area contributed by atoms with Crippen molar-refractivity contribution in [3.8, 4) is 0 Å². The molecule has 0 atom stereocenters. The molecule has 2 N–H and O–H groups in total. The normalized spacial score (nSPS) is 13.0. The molecule has 1 aromatic heterocycles. The van der Waals surface area contributed by atoms with E-state index in [1.165, 1.54) is 35.5 Å². The van der Waals surface area contributed by atoms with Crippen LogP contribution in [0.25, 0.3) is 10.9 Å². The van der Waals surface area contributed by atoms with Crippen molar-refractivity contribution in [1.82, 2.24) is 10.3 Å². The molecule has 27 heavy (non-hydrogen) atoms. The molecule has 0 saturated heterocycles. The predicted octanol–water partition coefficient (Wildman–Crippen LogP) is 2.85. The second-order valence-electron chi connectivity index (χ2n) is 6.71. The number of nitrogens with one attached hydrogen (secondary N) is 2. The van der Waals surface area contributed by atoms with Gasteiger partial charge >= 0.3 is 0 Å². The van der Waals surface area contributed by atoms with Gasteiger partial charge in [0.1, 0.15) is 5.82 Å². The lowest BCUT2D eigenvalue weighted by Crippen LogP contribution is -2.30. The molecule has 0 radical (unpaired) electrons. The van der Waals surface area contributed by atoms with Gasteiger partial charge in [0.25, 0.3) is 5.91 Å². The van der Waals surface area contributed by atoms with Crippen molar-refractivity contribution in [2.24, 2.45) is 0 Å². The second kappa shape index (κ2) is 7.23. The van der Waals surface area contributed by atoms with Gasteiger partial charge in [-0.15, -0.1) is 0 Å². The Hall–Kier alpha value is -3.15. The standard InChI is InChI=1S/C21H20FN3O2/c22-15-6-7-16-17(13-20(26)24-18(16)12-15)21(27)23-9-3-10-25-11-8-14-4-1-2-5-19(14)25/h1-2,4-7,12-13H,3,8-11H2,(H,23,27)(H,24,26). The summed E-state index contributed by atoms with van der Waals surface area (Å²) < 4.78 is 13.4. The predicted molar refractivity (Wildman–Crippen MR) is 104 cm³/mol. The number of halogens is 1. The number of aromatic amines is 1. The Morgan fingerprint density at radius 1 is 1.19 bits per heavy atom. The average Bonchev–Trinajstić information content (AvgIpc) is 3.07. The van der Waals surface area contributed by atoms with Crippen LogP contribution >= 0.6 is 0 Å². The van der Waals surface area contributed by atoms with Gasteiger partial charge < -0.3 is 15.2 Å². The number of rotatable bonds is 5. The van der Waals surface area contributed by atoms with Gasteiger partial charge in [0.15, 0.2) is 0 Å². The van der Waals surface area contributed by atoms with Crippen LogP contribution in [0.4, 0.5) is 10.1 Å². The Bertz CT molecular complexity index is 1060. The van der Waals surface area contributed by atoms with Crippen molar-refractivity contribution in [2.45, 2.75) is 12.8 Å². The first-order valence-electron chi connectivity index (χ1n) is 9.05. The van der Waals surface area contributed by atoms with Crippen molar-refractivity contribution in [3.05, 3.63) is 75.8 Å². The number of hydrogen-bond acceptors (Lipinski definition) is 3. The molecule has 138 valence electrons. The van der Waals surface area contributed by atoms with Crippen LogP contribution in [0.2, 0.25) is 0 Å². The van der Waals surface area contributed by atoms with E-state index in [0.29, 0.717) is 17.4 Å². The summed E-state index contributed by atoms with van der Waals surface area (Å²) in [7, 11) is 0. The number of hydrogen-bond donors (Lipinski definition) is 2. The Balaban J connectivity index is 1.39. The summed E-state index contributed by atoms with van der Waals surface area (Å²) in [4.78, 5) is 29.2. The summed E-state index contributed by atoms with van der Waals surface area (Å²) in [5.74, 6) is -0.777. The van der Waals surface area contributed by atoms with Crippen LogP contribution in [0.15, 0.2) is 53.3 Å². The first-order chi connectivity index (χ1) is 13.1. The highest BCUT2D eigenvalue weighted by Gasteiger charge is 2.17. The summed E-state index contributed by atoms with van der Waals surface area (Å²) in [6.45, 7) is 2.36. The van der Waals surface area contributed by atoms with E-state index in [9.17, 15) is 14.0 Å². The Morgan fingerprint density at radius 3 is 2.93 bits per heavy atom. The average molecular weight is 365 g/mol. The maximum absolute atomic E-state index is 13.4. The monoisotopic (exact) mass is 365 g/mol. The maximum Gasteiger partial charge on any atom is 0.252 e. The van der Waals surface area contributed by atoms with Crippen LogP contribution in [-0.4, -0.2) is 30.5 Å². The van der Waals surface area contributed by atoms with E-state index < -0.39 is 11.4 Å². The smallest absolute Gasteiger partial charge is 0.252 e. The van der Waals surface area contributed by atoms with E-state index in [1.807, 2.05) is 6.07 Å². The summed E-state index contributed by atoms with van der Waals surface area (Å²) in [5.41, 5.74) is 2.80. The zero-order valence-corrected chi connectivity index (χ0v) is 14.8. The van der Waals surface area contributed by atoms with E-state index >= 15 is 0 Å². The molecular formula is C21H20FN3O2. The SMILES string of the molecule is O=C(NCCCN1CCc2ccccc21)c1cc(=O)[nH]c2cc(F)ccc12. The number of carbonyl (C=O) groups excluding carboxylic acids is 1. The van der Waals surface area contributed by atoms with Crippen molar-refractivity contribution < 1.29 is 9.18 Å². The van der Waals surface area contributed by atoms with Crippen molar-refractivity contribution >= 4 is 22.5 Å². The van der Waals surface area contributed by atoms with Crippen LogP contribution in [-0.2, 0) is 6.42 Å². The zero-order chi connectivity index (χ0) is 18.8. The molecular weight excluding hydrogens is 345 g/mol. The van der Waals surface area contributed by atoms with Crippen molar-refractivity contribution in [1.29, 1.82) is 0 Å². The number of nitrogens with zero attached hydrogens (tertiary/aromatic N) is 1. The van der Waals surface area contributed by atoms with Crippen LogP contribution < -0.4 is 15.8 Å². The zero-order valence-electron chi connectivity index (χ0n) is 14.8. The molecule has 3 aromatic rings. The van der Waals surface area contributed by atoms with Crippen LogP contribution in [0.1, 0.15) is 22.3 Å². The summed E-state index contributed by atoms with van der Waals surface area (Å²) >= 11 is 0. The molecule has 0 unspecified atom stereocenters. The molecule has 4 rings (SSSR count). The number of benzene rings is 2. The number of pyridine rings is 1. The number of para-hydroxylation sites is 1. The van der Waals surface area contributed by atoms with Gasteiger partial charge in [-0.2, -0.15) is 0 Å². The number of H-pyrrole nitrogens is 1. The molecule has 6 heteroatoms. The van der Waals surface area contributed by atoms with Crippen molar-refractivity contribution in [2.75, 3.05) is 24.5 Å². The molecule has 5 nitrogen and oxygen atoms in total. The topological polar surface area (TPSA) is 65.2 Å². The number of aromatic nitrogens is 1. The first-order valence-corrected chi connectivity index (χ1v) is 9.05. The van der Waals surface area contributed by atoms with E-state index in [0.717, 1.165) is 25.9 Å². The third kappa shape index (κ3) is 3.56. The largest absolute Gasteiger partial charge is 0.371 e. The fourth-order valence-electron chi connectivity index (χ4n) is 3.63. The number of fused-ring (bicyclic) bond motifs is 2. The van der Waals surface area contributed by atoms with E-state index in [1.54, 1.807) is 0 Å². The molecule has 0 aliphatic carbocycles. The van der Waals surface area contributed by atoms with Crippen LogP contribution in [0.3, 0.4) is 0 Å². The molecule has 0 bridgehead atoms. The van der Waals surface area contributed by atoms with Gasteiger partial charge in [-0.05, 0) is 42.7 Å². The van der Waals surface area contributed by atoms with Gasteiger partial charge in [0, 0.05) is 36.8 Å². The quantitative estimate of drug-likeness (QED) is 0.684. The van der Waals surface area contributed by atoms with Gasteiger partial charge in [-0.3, -0.25) is 9.59 Å². The Morgan fingerprint density at radius 2 is 2.04 bits per heavy atom. The van der Waals surface area contributed by atoms with E-state index in [-0.39, 0.29) is 11.5 Å². The molecule has 0 saturated carbocycles. The minimum atomic E-state index is -0.457. The molecule has 1 amide bonds. The maximum atomic E-state index is 13.4. The Labute approximate surface area is 155 Å². The van der Waals surface area contributed by atoms with Gasteiger partial charge in [0.2, 0.25) is 5.56 Å². The number of amides is 1. The highest BCUT2D eigenvalue weighted by molar-refractivity contribution is 6.05. The lowest BCUT2D eigenvalue weighted by Gasteiger charge is -2.19. The highest BCUT2D eigenvalue weighted by Crippen LogP contribution is 2.27. The minimum absolute atomic E-state index is 0.264. The molecule has 1 aliphatic heterocycles. The molecule has 0 spiro atoms. The van der Waals surface area contributed by atoms with Crippen LogP contribution in [0.5, 0.6) is 0 Å². The molecule has 0 fully saturated rings. The third-order valence-electron chi connectivity index (χ3n) is 4.92. The van der Waals surface area contributed by atoms with Crippen molar-refractivity contribution in [3.63, 3.8) is 0 Å². The lowest BCUT2D eigenvalue weighted by molar-refractivity contribution is 0.0955. The summed E-state index contributed by atoms with van der Waals surface area (Å²) in [6, 6.07) is 13.6. The lowest BCUT2D eigenvalue weighted by atomic mass is 10.1. The molecule has 1 aliphatic rings. The second-order valence-corrected chi connectivity index (χ2v) is 6.71. The Kier molecular flexibility index (Phi) is 4.62. The van der Waals surface area contributed by atoms with E-state index in [2.05, 4.69) is 33.4 Å². The summed E-state index contributed by atoms with van der Waals surface area (Å²) in [5, 5.41) is 3.40. The molecule has 2 aromatic carbocycles. The van der Waals surface area contributed by atoms with Crippen LogP contribution in [0, 0.1) is 5.82 Å². The fourth-order valence-corrected chi connectivity index (χ4v) is 3.63. The number of anilines is 1. The summed E-state index contributed by atoms with van der Waals surface area (Å²) in [6.07, 6.45) is 1.85. The van der Waals surface area contributed by atoms with Gasteiger partial charge in [0.05, 0.1) is 11.1 Å². The van der Waals surface area contributed by atoms with Gasteiger partial charge in [-0.1, -0.05) is 18.2 Å². The number of carbonyl (C=O) groups is 1. The highest BCUT2D eigenvalue weighted by atomic mass is 19.1. The van der Waals surface area contributed by atoms with Gasteiger partial charge in [-0.25, -0.2) is 4.39 Å². The third-order valence-corrected chi connectivity index (χ3v) is 4.92. The minimum Gasteiger partial charge on any atom is -0.371 e. The van der Waals surface area contributed by atoms with E-state index in [4.69, 9.17) is 0 Å². The molecule has 2 heterocycles. The first kappa shape index (κ1) is 17.3. The fraction of sp³-hybridized carbons (Fsp3) is 0.238.